The molecule has 0 saturated heterocycles. The molecule has 0 spiro atoms. The van der Waals surface area contributed by atoms with Gasteiger partial charge in [-0.25, -0.2) is 4.39 Å². The number of hydrogen-bond donors (Lipinski definition) is 0. The van der Waals surface area contributed by atoms with Gasteiger partial charge in [-0.3, -0.25) is 4.98 Å². The first-order valence-corrected chi connectivity index (χ1v) is 8.12. The van der Waals surface area contributed by atoms with Gasteiger partial charge in [-0.05, 0) is 42.5 Å². The van der Waals surface area contributed by atoms with Crippen molar-refractivity contribution in [3.05, 3.63) is 77.3 Å². The molecule has 0 radical (unpaired) electrons. The number of pyridine rings is 1. The van der Waals surface area contributed by atoms with Crippen LogP contribution in [0.3, 0.4) is 0 Å². The van der Waals surface area contributed by atoms with Crippen molar-refractivity contribution in [2.24, 2.45) is 0 Å². The van der Waals surface area contributed by atoms with Gasteiger partial charge in [0.05, 0.1) is 22.5 Å². The Morgan fingerprint density at radius 1 is 1.07 bits per heavy atom. The molecule has 3 rings (SSSR count). The molecule has 1 heterocycles. The topological polar surface area (TPSA) is 25.4 Å². The van der Waals surface area contributed by atoms with Crippen molar-refractivity contribution >= 4 is 23.0 Å². The SMILES string of the molecule is CN(c1cccnc1)c1c(F)cccc1Oc1ccc(Cl)c(C(F)(F)F)c1. The molecule has 0 atom stereocenters. The van der Waals surface area contributed by atoms with Crippen LogP contribution >= 0.6 is 11.6 Å². The van der Waals surface area contributed by atoms with Crippen LogP contribution in [-0.4, -0.2) is 12.0 Å². The van der Waals surface area contributed by atoms with Crippen LogP contribution in [0.2, 0.25) is 5.02 Å². The fraction of sp³-hybridized carbons (Fsp3) is 0.105. The lowest BCUT2D eigenvalue weighted by atomic mass is 10.2. The molecular formula is C19H13ClF4N2O. The van der Waals surface area contributed by atoms with Gasteiger partial charge in [0.1, 0.15) is 11.4 Å². The summed E-state index contributed by atoms with van der Waals surface area (Å²) < 4.78 is 59.2. The highest BCUT2D eigenvalue weighted by molar-refractivity contribution is 6.31. The number of halogens is 5. The van der Waals surface area contributed by atoms with E-state index in [2.05, 4.69) is 4.98 Å². The lowest BCUT2D eigenvalue weighted by molar-refractivity contribution is -0.137. The number of nitrogens with zero attached hydrogens (tertiary/aromatic N) is 2. The molecule has 0 unspecified atom stereocenters. The van der Waals surface area contributed by atoms with E-state index in [4.69, 9.17) is 16.3 Å². The quantitative estimate of drug-likeness (QED) is 0.474. The number of benzene rings is 2. The van der Waals surface area contributed by atoms with Gasteiger partial charge in [0, 0.05) is 13.2 Å². The second kappa shape index (κ2) is 7.44. The van der Waals surface area contributed by atoms with E-state index in [-0.39, 0.29) is 17.2 Å². The summed E-state index contributed by atoms with van der Waals surface area (Å²) >= 11 is 5.62. The van der Waals surface area contributed by atoms with Crippen LogP contribution < -0.4 is 9.64 Å². The number of anilines is 2. The molecule has 0 aliphatic carbocycles. The second-order valence-electron chi connectivity index (χ2n) is 5.60. The van der Waals surface area contributed by atoms with Gasteiger partial charge in [-0.2, -0.15) is 13.2 Å². The number of alkyl halides is 3. The molecule has 0 saturated carbocycles. The van der Waals surface area contributed by atoms with Gasteiger partial charge >= 0.3 is 6.18 Å². The minimum atomic E-state index is -4.63. The maximum Gasteiger partial charge on any atom is 0.417 e. The van der Waals surface area contributed by atoms with E-state index in [9.17, 15) is 17.6 Å². The minimum absolute atomic E-state index is 0.0526. The van der Waals surface area contributed by atoms with E-state index in [1.165, 1.54) is 35.4 Å². The van der Waals surface area contributed by atoms with E-state index < -0.39 is 22.6 Å². The first-order chi connectivity index (χ1) is 12.8. The summed E-state index contributed by atoms with van der Waals surface area (Å²) in [6, 6.07) is 10.7. The molecule has 0 bridgehead atoms. The van der Waals surface area contributed by atoms with Crippen molar-refractivity contribution in [1.82, 2.24) is 4.98 Å². The van der Waals surface area contributed by atoms with Crippen LogP contribution in [-0.2, 0) is 6.18 Å². The summed E-state index contributed by atoms with van der Waals surface area (Å²) in [7, 11) is 1.60. The molecule has 0 aliphatic rings. The molecule has 3 nitrogen and oxygen atoms in total. The summed E-state index contributed by atoms with van der Waals surface area (Å²) in [6.07, 6.45) is -1.53. The van der Waals surface area contributed by atoms with Crippen molar-refractivity contribution in [2.75, 3.05) is 11.9 Å². The van der Waals surface area contributed by atoms with E-state index in [1.807, 2.05) is 0 Å². The summed E-state index contributed by atoms with van der Waals surface area (Å²) in [5, 5.41) is -0.443. The number of aromatic nitrogens is 1. The number of rotatable bonds is 4. The fourth-order valence-electron chi connectivity index (χ4n) is 2.50. The average Bonchev–Trinajstić information content (AvgIpc) is 2.63. The Kier molecular flexibility index (Phi) is 5.23. The van der Waals surface area contributed by atoms with E-state index in [0.29, 0.717) is 5.69 Å². The number of hydrogen-bond acceptors (Lipinski definition) is 3. The Bertz CT molecular complexity index is 948. The van der Waals surface area contributed by atoms with Gasteiger partial charge in [-0.15, -0.1) is 0 Å². The monoisotopic (exact) mass is 396 g/mol. The van der Waals surface area contributed by atoms with Gasteiger partial charge in [0.15, 0.2) is 11.6 Å². The molecule has 3 aromatic rings. The third-order valence-corrected chi connectivity index (χ3v) is 4.12. The first kappa shape index (κ1) is 19.0. The highest BCUT2D eigenvalue weighted by Gasteiger charge is 2.33. The van der Waals surface area contributed by atoms with Gasteiger partial charge < -0.3 is 9.64 Å². The third kappa shape index (κ3) is 4.14. The molecule has 140 valence electrons. The van der Waals surface area contributed by atoms with Crippen LogP contribution in [0.25, 0.3) is 0 Å². The van der Waals surface area contributed by atoms with Crippen molar-refractivity contribution in [2.45, 2.75) is 6.18 Å². The normalized spacial score (nSPS) is 11.3. The number of ether oxygens (including phenoxy) is 1. The summed E-state index contributed by atoms with van der Waals surface area (Å²) in [5.74, 6) is -0.654. The zero-order valence-electron chi connectivity index (χ0n) is 14.0. The maximum atomic E-state index is 14.5. The Morgan fingerprint density at radius 3 is 2.52 bits per heavy atom. The van der Waals surface area contributed by atoms with Crippen LogP contribution in [0.1, 0.15) is 5.56 Å². The molecule has 0 fully saturated rings. The van der Waals surface area contributed by atoms with Crippen LogP contribution in [0.5, 0.6) is 11.5 Å². The average molecular weight is 397 g/mol. The Labute approximate surface area is 157 Å². The zero-order valence-corrected chi connectivity index (χ0v) is 14.7. The van der Waals surface area contributed by atoms with Crippen LogP contribution in [0, 0.1) is 5.82 Å². The molecule has 1 aromatic heterocycles. The predicted octanol–water partition coefficient (Wildman–Crippen LogP) is 6.45. The molecule has 0 amide bonds. The van der Waals surface area contributed by atoms with Gasteiger partial charge in [0.2, 0.25) is 0 Å². The lowest BCUT2D eigenvalue weighted by Gasteiger charge is -2.23. The van der Waals surface area contributed by atoms with Crippen LogP contribution in [0.4, 0.5) is 28.9 Å². The van der Waals surface area contributed by atoms with Gasteiger partial charge in [-0.1, -0.05) is 17.7 Å². The second-order valence-corrected chi connectivity index (χ2v) is 6.01. The molecule has 0 aliphatic heterocycles. The van der Waals surface area contributed by atoms with E-state index in [1.54, 1.807) is 25.4 Å². The van der Waals surface area contributed by atoms with E-state index in [0.717, 1.165) is 12.1 Å². The zero-order chi connectivity index (χ0) is 19.6. The van der Waals surface area contributed by atoms with E-state index >= 15 is 0 Å². The highest BCUT2D eigenvalue weighted by atomic mass is 35.5. The maximum absolute atomic E-state index is 14.5. The van der Waals surface area contributed by atoms with Crippen molar-refractivity contribution in [1.29, 1.82) is 0 Å². The Morgan fingerprint density at radius 2 is 1.85 bits per heavy atom. The van der Waals surface area contributed by atoms with Crippen molar-refractivity contribution < 1.29 is 22.3 Å². The molecule has 27 heavy (non-hydrogen) atoms. The Balaban J connectivity index is 2.01. The van der Waals surface area contributed by atoms with Crippen LogP contribution in [0.15, 0.2) is 60.9 Å². The summed E-state index contributed by atoms with van der Waals surface area (Å²) in [5.41, 5.74) is -0.381. The first-order valence-electron chi connectivity index (χ1n) is 7.74. The molecule has 0 N–H and O–H groups in total. The number of para-hydroxylation sites is 1. The Hall–Kier alpha value is -2.80. The molecule has 2 aromatic carbocycles. The highest BCUT2D eigenvalue weighted by Crippen LogP contribution is 2.40. The largest absolute Gasteiger partial charge is 0.455 e. The predicted molar refractivity (Wildman–Crippen MR) is 95.2 cm³/mol. The summed E-state index contributed by atoms with van der Waals surface area (Å²) in [6.45, 7) is 0. The third-order valence-electron chi connectivity index (χ3n) is 3.79. The molecular weight excluding hydrogens is 384 g/mol. The van der Waals surface area contributed by atoms with Crippen molar-refractivity contribution in [3.8, 4) is 11.5 Å². The fourth-order valence-corrected chi connectivity index (χ4v) is 2.72. The minimum Gasteiger partial charge on any atom is -0.455 e. The summed E-state index contributed by atoms with van der Waals surface area (Å²) in [4.78, 5) is 5.48. The lowest BCUT2D eigenvalue weighted by Crippen LogP contribution is -2.12. The smallest absolute Gasteiger partial charge is 0.417 e. The standard InChI is InChI=1S/C19H13ClF4N2O/c1-26(12-4-3-9-25-11-12)18-16(21)5-2-6-17(18)27-13-7-8-15(20)14(10-13)19(22,23)24/h2-11H,1H3. The van der Waals surface area contributed by atoms with Gasteiger partial charge in [0.25, 0.3) is 0 Å². The van der Waals surface area contributed by atoms with Crippen molar-refractivity contribution in [3.63, 3.8) is 0 Å². The molecule has 8 heteroatoms.